The topological polar surface area (TPSA) is 65.7 Å². The average Bonchev–Trinajstić information content (AvgIpc) is 2.70. The number of ether oxygens (including phenoxy) is 2. The summed E-state index contributed by atoms with van der Waals surface area (Å²) in [5.74, 6) is -0.000942. The van der Waals surface area contributed by atoms with Crippen molar-refractivity contribution in [3.63, 3.8) is 0 Å². The lowest BCUT2D eigenvalue weighted by molar-refractivity contribution is 0.0603. The van der Waals surface area contributed by atoms with E-state index >= 15 is 0 Å². The number of fused-ring (bicyclic) bond motifs is 1. The zero-order valence-electron chi connectivity index (χ0n) is 8.30. The molecule has 2 rings (SSSR count). The molecule has 0 atom stereocenters. The molecule has 0 aliphatic heterocycles. The van der Waals surface area contributed by atoms with Crippen LogP contribution in [0.5, 0.6) is 5.88 Å². The summed E-state index contributed by atoms with van der Waals surface area (Å²) in [5, 5.41) is 7.93. The lowest BCUT2D eigenvalue weighted by atomic mass is 10.3. The number of esters is 1. The van der Waals surface area contributed by atoms with Crippen molar-refractivity contribution in [1.29, 1.82) is 0 Å². The van der Waals surface area contributed by atoms with Gasteiger partial charge < -0.3 is 9.47 Å². The van der Waals surface area contributed by atoms with Crippen LogP contribution in [-0.2, 0) is 4.74 Å². The summed E-state index contributed by atoms with van der Waals surface area (Å²) >= 11 is 0. The third-order valence-electron chi connectivity index (χ3n) is 1.98. The Morgan fingerprint density at radius 3 is 2.87 bits per heavy atom. The second-order valence-electron chi connectivity index (χ2n) is 2.80. The molecule has 0 unspecified atom stereocenters. The lowest BCUT2D eigenvalue weighted by Gasteiger charge is -1.99. The van der Waals surface area contributed by atoms with Gasteiger partial charge in [-0.2, -0.15) is 5.10 Å². The molecular formula is C9H9N3O3. The van der Waals surface area contributed by atoms with Crippen LogP contribution in [0.1, 0.15) is 10.4 Å². The van der Waals surface area contributed by atoms with Crippen LogP contribution >= 0.6 is 0 Å². The van der Waals surface area contributed by atoms with E-state index in [0.29, 0.717) is 17.0 Å². The first kappa shape index (κ1) is 9.45. The summed E-state index contributed by atoms with van der Waals surface area (Å²) in [6, 6.07) is 3.36. The molecule has 0 N–H and O–H groups in total. The number of hydrogen-bond donors (Lipinski definition) is 0. The first-order chi connectivity index (χ1) is 7.26. The molecule has 0 amide bonds. The number of aromatic nitrogens is 3. The van der Waals surface area contributed by atoms with Crippen molar-refractivity contribution in [3.8, 4) is 5.88 Å². The second-order valence-corrected chi connectivity index (χ2v) is 2.80. The normalized spacial score (nSPS) is 10.3. The molecule has 0 saturated carbocycles. The van der Waals surface area contributed by atoms with Crippen LogP contribution in [0.25, 0.3) is 5.52 Å². The predicted octanol–water partition coefficient (Wildman–Crippen LogP) is 0.524. The summed E-state index contributed by atoms with van der Waals surface area (Å²) in [4.78, 5) is 11.3. The van der Waals surface area contributed by atoms with Crippen molar-refractivity contribution >= 4 is 11.5 Å². The number of nitrogens with zero attached hydrogens (tertiary/aromatic N) is 3. The quantitative estimate of drug-likeness (QED) is 0.672. The first-order valence-corrected chi connectivity index (χ1v) is 4.23. The van der Waals surface area contributed by atoms with Crippen molar-refractivity contribution in [2.75, 3.05) is 14.2 Å². The molecule has 0 aliphatic carbocycles. The summed E-state index contributed by atoms with van der Waals surface area (Å²) in [6.07, 6.45) is 1.41. The number of rotatable bonds is 2. The van der Waals surface area contributed by atoms with E-state index in [1.54, 1.807) is 12.1 Å². The van der Waals surface area contributed by atoms with Crippen molar-refractivity contribution in [2.45, 2.75) is 0 Å². The Kier molecular flexibility index (Phi) is 2.24. The molecule has 0 bridgehead atoms. The third-order valence-corrected chi connectivity index (χ3v) is 1.98. The van der Waals surface area contributed by atoms with Gasteiger partial charge in [-0.1, -0.05) is 0 Å². The van der Waals surface area contributed by atoms with Gasteiger partial charge in [0.25, 0.3) is 0 Å². The fourth-order valence-corrected chi connectivity index (χ4v) is 1.24. The van der Waals surface area contributed by atoms with Gasteiger partial charge in [-0.3, -0.25) is 0 Å². The van der Waals surface area contributed by atoms with Gasteiger partial charge in [-0.15, -0.1) is 9.73 Å². The van der Waals surface area contributed by atoms with Gasteiger partial charge in [-0.25, -0.2) is 4.79 Å². The molecule has 15 heavy (non-hydrogen) atoms. The SMILES string of the molecule is COC(=O)c1cnn2nc(OC)ccc12. The summed E-state index contributed by atoms with van der Waals surface area (Å²) in [6.45, 7) is 0. The molecule has 78 valence electrons. The molecule has 0 fully saturated rings. The summed E-state index contributed by atoms with van der Waals surface area (Å²) in [7, 11) is 2.83. The maximum absolute atomic E-state index is 11.3. The van der Waals surface area contributed by atoms with Gasteiger partial charge in [-0.05, 0) is 6.07 Å². The molecule has 0 saturated heterocycles. The molecule has 6 nitrogen and oxygen atoms in total. The minimum atomic E-state index is -0.433. The minimum absolute atomic E-state index is 0.382. The van der Waals surface area contributed by atoms with E-state index in [-0.39, 0.29) is 0 Å². The number of carbonyl (C=O) groups excluding carboxylic acids is 1. The largest absolute Gasteiger partial charge is 0.480 e. The maximum atomic E-state index is 11.3. The van der Waals surface area contributed by atoms with Gasteiger partial charge in [0.05, 0.1) is 20.4 Å². The van der Waals surface area contributed by atoms with Crippen LogP contribution in [0.2, 0.25) is 0 Å². The zero-order valence-corrected chi connectivity index (χ0v) is 8.30. The van der Waals surface area contributed by atoms with Crippen LogP contribution in [0, 0.1) is 0 Å². The Labute approximate surface area is 85.4 Å². The van der Waals surface area contributed by atoms with E-state index in [0.717, 1.165) is 0 Å². The maximum Gasteiger partial charge on any atom is 0.341 e. The smallest absolute Gasteiger partial charge is 0.341 e. The number of carbonyl (C=O) groups is 1. The highest BCUT2D eigenvalue weighted by Crippen LogP contribution is 2.13. The van der Waals surface area contributed by atoms with Gasteiger partial charge in [0, 0.05) is 6.07 Å². The molecular weight excluding hydrogens is 198 g/mol. The van der Waals surface area contributed by atoms with Gasteiger partial charge in [0.1, 0.15) is 11.1 Å². The van der Waals surface area contributed by atoms with Crippen molar-refractivity contribution in [1.82, 2.24) is 14.8 Å². The highest BCUT2D eigenvalue weighted by atomic mass is 16.5. The van der Waals surface area contributed by atoms with E-state index in [1.165, 1.54) is 25.0 Å². The Morgan fingerprint density at radius 1 is 1.40 bits per heavy atom. The Morgan fingerprint density at radius 2 is 2.20 bits per heavy atom. The van der Waals surface area contributed by atoms with E-state index in [1.807, 2.05) is 0 Å². The number of hydrogen-bond acceptors (Lipinski definition) is 5. The molecule has 0 aliphatic rings. The molecule has 2 aromatic rings. The van der Waals surface area contributed by atoms with Crippen molar-refractivity contribution in [2.24, 2.45) is 0 Å². The lowest BCUT2D eigenvalue weighted by Crippen LogP contribution is -2.01. The average molecular weight is 207 g/mol. The van der Waals surface area contributed by atoms with Crippen LogP contribution in [0.4, 0.5) is 0 Å². The summed E-state index contributed by atoms with van der Waals surface area (Å²) < 4.78 is 10.9. The zero-order chi connectivity index (χ0) is 10.8. The Balaban J connectivity index is 2.57. The van der Waals surface area contributed by atoms with Crippen molar-refractivity contribution < 1.29 is 14.3 Å². The highest BCUT2D eigenvalue weighted by molar-refractivity contribution is 5.96. The van der Waals surface area contributed by atoms with Gasteiger partial charge in [0.15, 0.2) is 0 Å². The Bertz CT molecular complexity index is 506. The summed E-state index contributed by atoms with van der Waals surface area (Å²) in [5.41, 5.74) is 0.968. The molecule has 0 spiro atoms. The predicted molar refractivity (Wildman–Crippen MR) is 50.9 cm³/mol. The monoisotopic (exact) mass is 207 g/mol. The Hall–Kier alpha value is -2.11. The van der Waals surface area contributed by atoms with Crippen LogP contribution in [0.3, 0.4) is 0 Å². The fourth-order valence-electron chi connectivity index (χ4n) is 1.24. The standard InChI is InChI=1S/C9H9N3O3/c1-14-8-4-3-7-6(9(13)15-2)5-10-12(7)11-8/h3-5H,1-2H3. The molecule has 2 heterocycles. The molecule has 0 aromatic carbocycles. The van der Waals surface area contributed by atoms with E-state index in [4.69, 9.17) is 4.74 Å². The number of methoxy groups -OCH3 is 2. The van der Waals surface area contributed by atoms with E-state index < -0.39 is 5.97 Å². The second kappa shape index (κ2) is 3.56. The molecule has 0 radical (unpaired) electrons. The van der Waals surface area contributed by atoms with Crippen LogP contribution in [0.15, 0.2) is 18.3 Å². The molecule has 6 heteroatoms. The molecule has 2 aromatic heterocycles. The van der Waals surface area contributed by atoms with Crippen LogP contribution in [-0.4, -0.2) is 35.0 Å². The van der Waals surface area contributed by atoms with E-state index in [9.17, 15) is 4.79 Å². The van der Waals surface area contributed by atoms with Gasteiger partial charge >= 0.3 is 5.97 Å². The third kappa shape index (κ3) is 1.50. The van der Waals surface area contributed by atoms with Crippen molar-refractivity contribution in [3.05, 3.63) is 23.9 Å². The van der Waals surface area contributed by atoms with E-state index in [2.05, 4.69) is 14.9 Å². The fraction of sp³-hybridized carbons (Fsp3) is 0.222. The minimum Gasteiger partial charge on any atom is -0.480 e. The highest BCUT2D eigenvalue weighted by Gasteiger charge is 2.13. The first-order valence-electron chi connectivity index (χ1n) is 4.23. The van der Waals surface area contributed by atoms with Gasteiger partial charge in [0.2, 0.25) is 5.88 Å². The van der Waals surface area contributed by atoms with Crippen LogP contribution < -0.4 is 4.74 Å².